The number of fused-ring (bicyclic) bond motifs is 3. The molecule has 2 aromatic carbocycles. The number of benzene rings is 2. The summed E-state index contributed by atoms with van der Waals surface area (Å²) in [6.07, 6.45) is 19.6. The van der Waals surface area contributed by atoms with Gasteiger partial charge in [-0.25, -0.2) is 0 Å². The van der Waals surface area contributed by atoms with Gasteiger partial charge < -0.3 is 14.9 Å². The van der Waals surface area contributed by atoms with E-state index in [0.29, 0.717) is 35.5 Å². The van der Waals surface area contributed by atoms with Gasteiger partial charge in [0.15, 0.2) is 0 Å². The molecule has 6 atom stereocenters. The van der Waals surface area contributed by atoms with Crippen LogP contribution in [0.1, 0.15) is 78.9 Å². The monoisotopic (exact) mass is 720 g/mol. The average molecular weight is 723 g/mol. The van der Waals surface area contributed by atoms with Gasteiger partial charge in [0.1, 0.15) is 0 Å². The molecule has 0 saturated heterocycles. The molecule has 2 aromatic rings. The second-order valence-corrected chi connectivity index (χ2v) is 19.3. The van der Waals surface area contributed by atoms with Crippen molar-refractivity contribution in [2.45, 2.75) is 73.1 Å². The molecule has 2 fully saturated rings. The first-order chi connectivity index (χ1) is 20.4. The van der Waals surface area contributed by atoms with E-state index >= 15 is 0 Å². The normalized spacial score (nSPS) is 28.6. The van der Waals surface area contributed by atoms with E-state index in [9.17, 15) is 0 Å². The Bertz CT molecular complexity index is 1260. The third-order valence-corrected chi connectivity index (χ3v) is 11.0. The first-order valence-electron chi connectivity index (χ1n) is 16.3. The van der Waals surface area contributed by atoms with Crippen LogP contribution in [0.5, 0.6) is 0 Å². The van der Waals surface area contributed by atoms with Crippen LogP contribution >= 0.6 is 17.0 Å². The standard InChI is InChI=1S/C40H50.2CH3.2ClH.Zr/c1-27-18-19-32(24-27)40(28-14-10-8-11-15-28,29-16-12-9-13-17-29)37-35-25-30(38(2,3)4)20-22-33(35)34-23-21-31(26-36(34)37)39(5,6)7;;;;;/h8-17,20-23,25-27,32-37H,18-19,24H2,1-7H3;2*1H3;2*1H;/q;2*-1;;;+4/p-2. The fourth-order valence-corrected chi connectivity index (χ4v) is 9.10. The zero-order chi connectivity index (χ0) is 31.0. The Balaban J connectivity index is 0.00000106. The fraction of sp³-hybridized carbons (Fsp3) is 0.476. The van der Waals surface area contributed by atoms with E-state index in [4.69, 9.17) is 17.0 Å². The number of hydrogen-bond acceptors (Lipinski definition) is 0. The molecule has 45 heavy (non-hydrogen) atoms. The van der Waals surface area contributed by atoms with Crippen LogP contribution in [-0.4, -0.2) is 0 Å². The summed E-state index contributed by atoms with van der Waals surface area (Å²) in [5.74, 6) is 4.00. The van der Waals surface area contributed by atoms with Crippen molar-refractivity contribution in [1.82, 2.24) is 0 Å². The third-order valence-electron chi connectivity index (χ3n) is 11.0. The van der Waals surface area contributed by atoms with Gasteiger partial charge in [0.25, 0.3) is 0 Å². The summed E-state index contributed by atoms with van der Waals surface area (Å²) in [4.78, 5) is 0. The van der Waals surface area contributed by atoms with Gasteiger partial charge in [-0.3, -0.25) is 0 Å². The first kappa shape index (κ1) is 38.3. The molecule has 0 N–H and O–H groups in total. The molecule has 0 nitrogen and oxygen atoms in total. The van der Waals surface area contributed by atoms with Gasteiger partial charge in [-0.15, -0.1) is 0 Å². The van der Waals surface area contributed by atoms with Crippen LogP contribution in [0.3, 0.4) is 0 Å². The summed E-state index contributed by atoms with van der Waals surface area (Å²) in [6, 6.07) is 23.5. The van der Waals surface area contributed by atoms with Crippen LogP contribution < -0.4 is 0 Å². The van der Waals surface area contributed by atoms with Crippen molar-refractivity contribution in [2.75, 3.05) is 0 Å². The molecule has 6 rings (SSSR count). The van der Waals surface area contributed by atoms with Crippen molar-refractivity contribution in [1.29, 1.82) is 0 Å². The zero-order valence-corrected chi connectivity index (χ0v) is 33.1. The number of rotatable bonds is 4. The van der Waals surface area contributed by atoms with Crippen LogP contribution in [-0.2, 0) is 26.3 Å². The van der Waals surface area contributed by atoms with Gasteiger partial charge in [-0.05, 0) is 87.4 Å². The molecule has 0 radical (unpaired) electrons. The second-order valence-electron chi connectivity index (χ2n) is 15.6. The molecule has 6 unspecified atom stereocenters. The summed E-state index contributed by atoms with van der Waals surface area (Å²) in [6.45, 7) is 16.8. The second kappa shape index (κ2) is 15.4. The van der Waals surface area contributed by atoms with Crippen molar-refractivity contribution in [3.05, 3.63) is 134 Å². The van der Waals surface area contributed by atoms with Crippen LogP contribution in [0.25, 0.3) is 0 Å². The molecule has 0 bridgehead atoms. The molecule has 0 amide bonds. The molecular weight excluding hydrogens is 667 g/mol. The minimum absolute atomic E-state index is 0. The molecule has 0 aliphatic heterocycles. The quantitative estimate of drug-likeness (QED) is 0.276. The minimum atomic E-state index is -0.826. The molecule has 4 aliphatic carbocycles. The van der Waals surface area contributed by atoms with Gasteiger partial charge in [0.05, 0.1) is 0 Å². The Kier molecular flexibility index (Phi) is 13.1. The van der Waals surface area contributed by atoms with Crippen molar-refractivity contribution < 1.29 is 20.8 Å². The third kappa shape index (κ3) is 7.47. The van der Waals surface area contributed by atoms with Crippen molar-refractivity contribution in [2.24, 2.45) is 52.3 Å². The number of halogens is 2. The van der Waals surface area contributed by atoms with E-state index < -0.39 is 20.8 Å². The number of hydrogen-bond donors (Lipinski definition) is 0. The molecule has 4 aliphatic rings. The van der Waals surface area contributed by atoms with Gasteiger partial charge in [-0.1, -0.05) is 152 Å². The predicted molar refractivity (Wildman–Crippen MR) is 196 cm³/mol. The molecule has 0 heterocycles. The first-order valence-corrected chi connectivity index (χ1v) is 22.6. The summed E-state index contributed by atoms with van der Waals surface area (Å²) < 4.78 is 0. The molecule has 3 heteroatoms. The van der Waals surface area contributed by atoms with Gasteiger partial charge in [0.2, 0.25) is 0 Å². The molecular formula is C42H56Cl2Zr. The van der Waals surface area contributed by atoms with E-state index in [1.165, 1.54) is 41.5 Å². The molecule has 0 spiro atoms. The fourth-order valence-electron chi connectivity index (χ4n) is 9.10. The Morgan fingerprint density at radius 2 is 1.02 bits per heavy atom. The topological polar surface area (TPSA) is 0 Å². The Labute approximate surface area is 295 Å². The zero-order valence-electron chi connectivity index (χ0n) is 29.2. The Morgan fingerprint density at radius 1 is 0.622 bits per heavy atom. The summed E-state index contributed by atoms with van der Waals surface area (Å²) in [5.41, 5.74) is 6.34. The summed E-state index contributed by atoms with van der Waals surface area (Å²) in [7, 11) is 9.87. The Hall–Kier alpha value is -1.14. The summed E-state index contributed by atoms with van der Waals surface area (Å²) >= 11 is -0.826. The molecule has 0 aromatic heterocycles. The van der Waals surface area contributed by atoms with Crippen LogP contribution in [0.4, 0.5) is 0 Å². The van der Waals surface area contributed by atoms with E-state index in [1.807, 2.05) is 0 Å². The number of allylic oxidation sites excluding steroid dienone is 8. The molecule has 242 valence electrons. The van der Waals surface area contributed by atoms with E-state index in [1.54, 1.807) is 0 Å². The summed E-state index contributed by atoms with van der Waals surface area (Å²) in [5, 5.41) is 0. The predicted octanol–water partition coefficient (Wildman–Crippen LogP) is 12.9. The van der Waals surface area contributed by atoms with E-state index in [2.05, 4.69) is 146 Å². The Morgan fingerprint density at radius 3 is 1.36 bits per heavy atom. The van der Waals surface area contributed by atoms with Gasteiger partial charge in [-0.2, -0.15) is 0 Å². The average Bonchev–Trinajstić information content (AvgIpc) is 3.55. The maximum atomic E-state index is 4.93. The van der Waals surface area contributed by atoms with Crippen LogP contribution in [0, 0.1) is 67.1 Å². The maximum absolute atomic E-state index is 4.93. The van der Waals surface area contributed by atoms with E-state index in [-0.39, 0.29) is 31.1 Å². The van der Waals surface area contributed by atoms with Crippen molar-refractivity contribution >= 4 is 17.0 Å². The van der Waals surface area contributed by atoms with Crippen LogP contribution in [0.2, 0.25) is 0 Å². The van der Waals surface area contributed by atoms with Crippen LogP contribution in [0.15, 0.2) is 108 Å². The SMILES string of the molecule is CC1CCC(C(c2ccccc2)(c2ccccc2)C2C3C=C(C(C)(C)C)C=CC3C3C=CC(C(C)(C)C)=CC32)C1.[CH3-].[CH3-].[Cl][Zr+2][Cl]. The van der Waals surface area contributed by atoms with E-state index in [0.717, 1.165) is 5.92 Å². The van der Waals surface area contributed by atoms with Gasteiger partial charge in [0, 0.05) is 5.41 Å². The van der Waals surface area contributed by atoms with Crippen molar-refractivity contribution in [3.63, 3.8) is 0 Å². The van der Waals surface area contributed by atoms with Gasteiger partial charge >= 0.3 is 37.9 Å². The van der Waals surface area contributed by atoms with Crippen molar-refractivity contribution in [3.8, 4) is 0 Å². The molecule has 2 saturated carbocycles.